The molecule has 2 rings (SSSR count). The number of carbonyl (C=O) groups excluding carboxylic acids is 1. The fourth-order valence-electron chi connectivity index (χ4n) is 2.02. The third kappa shape index (κ3) is 4.36. The van der Waals surface area contributed by atoms with Gasteiger partial charge in [-0.2, -0.15) is 0 Å². The minimum atomic E-state index is -0.320. The molecule has 22 heavy (non-hydrogen) atoms. The third-order valence-corrected chi connectivity index (χ3v) is 3.45. The van der Waals surface area contributed by atoms with Gasteiger partial charge >= 0.3 is 6.03 Å². The van der Waals surface area contributed by atoms with E-state index in [1.165, 1.54) is 0 Å². The summed E-state index contributed by atoms with van der Waals surface area (Å²) in [5.41, 5.74) is 1.32. The number of nitrogens with zero attached hydrogens (tertiary/aromatic N) is 2. The van der Waals surface area contributed by atoms with Crippen LogP contribution in [0.4, 0.5) is 22.0 Å². The highest BCUT2D eigenvalue weighted by atomic mass is 35.5. The Bertz CT molecular complexity index is 609. The zero-order valence-corrected chi connectivity index (χ0v) is 13.4. The molecule has 1 aromatic carbocycles. The zero-order chi connectivity index (χ0) is 15.9. The molecule has 0 radical (unpaired) electrons. The molecule has 0 atom stereocenters. The predicted molar refractivity (Wildman–Crippen MR) is 91.9 cm³/mol. The Balaban J connectivity index is 1.95. The van der Waals surface area contributed by atoms with Gasteiger partial charge in [-0.15, -0.1) is 0 Å². The van der Waals surface area contributed by atoms with Crippen LogP contribution in [0, 0.1) is 0 Å². The first-order chi connectivity index (χ1) is 10.6. The van der Waals surface area contributed by atoms with Crippen molar-refractivity contribution in [2.75, 3.05) is 28.6 Å². The molecule has 2 N–H and O–H groups in total. The molecule has 5 nitrogen and oxygen atoms in total. The van der Waals surface area contributed by atoms with Gasteiger partial charge in [0, 0.05) is 23.8 Å². The molecule has 1 aromatic heterocycles. The van der Waals surface area contributed by atoms with Crippen LogP contribution in [0.15, 0.2) is 42.6 Å². The number of nitrogens with one attached hydrogen (secondary N) is 2. The van der Waals surface area contributed by atoms with Crippen molar-refractivity contribution >= 4 is 34.8 Å². The van der Waals surface area contributed by atoms with E-state index in [-0.39, 0.29) is 6.03 Å². The van der Waals surface area contributed by atoms with Gasteiger partial charge < -0.3 is 15.5 Å². The molecule has 6 heteroatoms. The lowest BCUT2D eigenvalue weighted by atomic mass is 10.3. The Kier molecular flexibility index (Phi) is 5.61. The van der Waals surface area contributed by atoms with Crippen molar-refractivity contribution in [2.24, 2.45) is 0 Å². The summed E-state index contributed by atoms with van der Waals surface area (Å²) in [6.07, 6.45) is 1.65. The van der Waals surface area contributed by atoms with Crippen LogP contribution in [0.1, 0.15) is 13.8 Å². The van der Waals surface area contributed by atoms with Crippen LogP contribution in [0.2, 0.25) is 5.02 Å². The van der Waals surface area contributed by atoms with Crippen LogP contribution >= 0.6 is 11.6 Å². The molecule has 0 fully saturated rings. The summed E-state index contributed by atoms with van der Waals surface area (Å²) >= 11 is 5.80. The lowest BCUT2D eigenvalue weighted by molar-refractivity contribution is 0.262. The first kappa shape index (κ1) is 16.1. The SMILES string of the molecule is CCN(CC)c1ccc(NC(=O)Nc2ccc(Cl)cc2)cn1. The largest absolute Gasteiger partial charge is 0.357 e. The molecule has 116 valence electrons. The number of pyridine rings is 1. The summed E-state index contributed by atoms with van der Waals surface area (Å²) in [5.74, 6) is 0.897. The number of amides is 2. The number of rotatable bonds is 5. The molecular formula is C16H19ClN4O. The molecule has 0 bridgehead atoms. The van der Waals surface area contributed by atoms with E-state index in [2.05, 4.69) is 34.4 Å². The maximum Gasteiger partial charge on any atom is 0.323 e. The Hall–Kier alpha value is -2.27. The van der Waals surface area contributed by atoms with Crippen LogP contribution in [-0.2, 0) is 0 Å². The van der Waals surface area contributed by atoms with Crippen molar-refractivity contribution < 1.29 is 4.79 Å². The molecule has 2 aromatic rings. The minimum absolute atomic E-state index is 0.320. The van der Waals surface area contributed by atoms with Gasteiger partial charge in [-0.05, 0) is 50.2 Å². The molecule has 0 unspecified atom stereocenters. The van der Waals surface area contributed by atoms with Gasteiger partial charge in [-0.1, -0.05) is 11.6 Å². The molecule has 0 aliphatic carbocycles. The van der Waals surface area contributed by atoms with Crippen molar-refractivity contribution in [3.8, 4) is 0 Å². The molecule has 1 heterocycles. The van der Waals surface area contributed by atoms with Crippen LogP contribution < -0.4 is 15.5 Å². The maximum absolute atomic E-state index is 11.9. The van der Waals surface area contributed by atoms with E-state index in [0.717, 1.165) is 18.9 Å². The highest BCUT2D eigenvalue weighted by Crippen LogP contribution is 2.16. The number of hydrogen-bond donors (Lipinski definition) is 2. The second-order valence-electron chi connectivity index (χ2n) is 4.66. The number of halogens is 1. The molecule has 0 aliphatic rings. The van der Waals surface area contributed by atoms with E-state index >= 15 is 0 Å². The first-order valence-corrected chi connectivity index (χ1v) is 7.54. The van der Waals surface area contributed by atoms with Crippen molar-refractivity contribution in [2.45, 2.75) is 13.8 Å². The van der Waals surface area contributed by atoms with E-state index in [1.54, 1.807) is 30.5 Å². The quantitative estimate of drug-likeness (QED) is 0.867. The van der Waals surface area contributed by atoms with Crippen LogP contribution in [0.25, 0.3) is 0 Å². The summed E-state index contributed by atoms with van der Waals surface area (Å²) in [7, 11) is 0. The number of benzene rings is 1. The molecule has 0 saturated heterocycles. The summed E-state index contributed by atoms with van der Waals surface area (Å²) in [6.45, 7) is 5.95. The van der Waals surface area contributed by atoms with Gasteiger partial charge in [0.15, 0.2) is 0 Å². The van der Waals surface area contributed by atoms with Crippen LogP contribution in [0.3, 0.4) is 0 Å². The second kappa shape index (κ2) is 7.66. The van der Waals surface area contributed by atoms with Gasteiger partial charge in [0.25, 0.3) is 0 Å². The lowest BCUT2D eigenvalue weighted by Gasteiger charge is -2.19. The van der Waals surface area contributed by atoms with Crippen LogP contribution in [-0.4, -0.2) is 24.1 Å². The fraction of sp³-hybridized carbons (Fsp3) is 0.250. The molecule has 0 aliphatic heterocycles. The number of aromatic nitrogens is 1. The van der Waals surface area contributed by atoms with E-state index < -0.39 is 0 Å². The normalized spacial score (nSPS) is 10.1. The number of carbonyl (C=O) groups is 1. The van der Waals surface area contributed by atoms with Crippen molar-refractivity contribution in [3.05, 3.63) is 47.6 Å². The Morgan fingerprint density at radius 3 is 2.18 bits per heavy atom. The third-order valence-electron chi connectivity index (χ3n) is 3.20. The molecule has 2 amide bonds. The first-order valence-electron chi connectivity index (χ1n) is 7.17. The van der Waals surface area contributed by atoms with Crippen molar-refractivity contribution in [1.29, 1.82) is 0 Å². The fourth-order valence-corrected chi connectivity index (χ4v) is 2.15. The minimum Gasteiger partial charge on any atom is -0.357 e. The summed E-state index contributed by atoms with van der Waals surface area (Å²) in [5, 5.41) is 6.10. The Morgan fingerprint density at radius 2 is 1.64 bits per heavy atom. The van der Waals surface area contributed by atoms with Gasteiger partial charge in [-0.3, -0.25) is 0 Å². The molecule has 0 spiro atoms. The van der Waals surface area contributed by atoms with Gasteiger partial charge in [-0.25, -0.2) is 9.78 Å². The summed E-state index contributed by atoms with van der Waals surface area (Å²) < 4.78 is 0. The van der Waals surface area contributed by atoms with E-state index in [1.807, 2.05) is 12.1 Å². The standard InChI is InChI=1S/C16H19ClN4O/c1-3-21(4-2)15-10-9-14(11-18-15)20-16(22)19-13-7-5-12(17)6-8-13/h5-11H,3-4H2,1-2H3,(H2,19,20,22). The molecule has 0 saturated carbocycles. The highest BCUT2D eigenvalue weighted by molar-refractivity contribution is 6.30. The monoisotopic (exact) mass is 318 g/mol. The predicted octanol–water partition coefficient (Wildman–Crippen LogP) is 4.23. The van der Waals surface area contributed by atoms with Gasteiger partial charge in [0.1, 0.15) is 5.82 Å². The van der Waals surface area contributed by atoms with E-state index in [0.29, 0.717) is 16.4 Å². The lowest BCUT2D eigenvalue weighted by Crippen LogP contribution is -2.23. The number of anilines is 3. The topological polar surface area (TPSA) is 57.3 Å². The maximum atomic E-state index is 11.9. The smallest absolute Gasteiger partial charge is 0.323 e. The zero-order valence-electron chi connectivity index (χ0n) is 12.6. The summed E-state index contributed by atoms with van der Waals surface area (Å²) in [4.78, 5) is 18.4. The molecular weight excluding hydrogens is 300 g/mol. The van der Waals surface area contributed by atoms with Crippen LogP contribution in [0.5, 0.6) is 0 Å². The van der Waals surface area contributed by atoms with Gasteiger partial charge in [0.2, 0.25) is 0 Å². The number of urea groups is 1. The Labute approximate surface area is 135 Å². The average molecular weight is 319 g/mol. The van der Waals surface area contributed by atoms with Crippen molar-refractivity contribution in [1.82, 2.24) is 4.98 Å². The highest BCUT2D eigenvalue weighted by Gasteiger charge is 2.05. The average Bonchev–Trinajstić information content (AvgIpc) is 2.52. The summed E-state index contributed by atoms with van der Waals surface area (Å²) in [6, 6.07) is 10.3. The Morgan fingerprint density at radius 1 is 1.05 bits per heavy atom. The second-order valence-corrected chi connectivity index (χ2v) is 5.10. The number of hydrogen-bond acceptors (Lipinski definition) is 3. The van der Waals surface area contributed by atoms with Gasteiger partial charge in [0.05, 0.1) is 11.9 Å². The van der Waals surface area contributed by atoms with Crippen molar-refractivity contribution in [3.63, 3.8) is 0 Å². The van der Waals surface area contributed by atoms with E-state index in [4.69, 9.17) is 11.6 Å². The van der Waals surface area contributed by atoms with E-state index in [9.17, 15) is 4.79 Å².